The van der Waals surface area contributed by atoms with Crippen LogP contribution in [-0.4, -0.2) is 16.2 Å². The SMILES string of the molecule is CCOc1cccc(-n2c(N)nc3cc(Br)c(F)cc32)c1. The Morgan fingerprint density at radius 1 is 1.33 bits per heavy atom. The first-order chi connectivity index (χ1) is 10.1. The largest absolute Gasteiger partial charge is 0.494 e. The zero-order valence-corrected chi connectivity index (χ0v) is 12.9. The molecule has 0 aliphatic heterocycles. The maximum atomic E-state index is 13.8. The maximum Gasteiger partial charge on any atom is 0.205 e. The summed E-state index contributed by atoms with van der Waals surface area (Å²) in [4.78, 5) is 4.27. The van der Waals surface area contributed by atoms with Crippen LogP contribution in [0.1, 0.15) is 6.92 Å². The van der Waals surface area contributed by atoms with Gasteiger partial charge in [0.05, 0.1) is 27.8 Å². The van der Waals surface area contributed by atoms with Crippen molar-refractivity contribution in [2.75, 3.05) is 12.3 Å². The Balaban J connectivity index is 2.22. The van der Waals surface area contributed by atoms with Crippen molar-refractivity contribution in [3.05, 3.63) is 46.7 Å². The molecule has 0 fully saturated rings. The topological polar surface area (TPSA) is 53.1 Å². The molecular formula is C15H13BrFN3O. The molecule has 0 bridgehead atoms. The highest BCUT2D eigenvalue weighted by atomic mass is 79.9. The van der Waals surface area contributed by atoms with E-state index in [1.807, 2.05) is 31.2 Å². The smallest absolute Gasteiger partial charge is 0.205 e. The summed E-state index contributed by atoms with van der Waals surface area (Å²) in [7, 11) is 0. The van der Waals surface area contributed by atoms with E-state index < -0.39 is 0 Å². The number of anilines is 1. The zero-order valence-electron chi connectivity index (χ0n) is 11.3. The quantitative estimate of drug-likeness (QED) is 0.779. The third-order valence-electron chi connectivity index (χ3n) is 3.11. The maximum absolute atomic E-state index is 13.8. The average Bonchev–Trinajstić information content (AvgIpc) is 2.75. The molecule has 0 unspecified atom stereocenters. The molecular weight excluding hydrogens is 337 g/mol. The Morgan fingerprint density at radius 3 is 2.90 bits per heavy atom. The molecule has 0 aliphatic rings. The minimum absolute atomic E-state index is 0.302. The van der Waals surface area contributed by atoms with Crippen molar-refractivity contribution in [2.45, 2.75) is 6.92 Å². The summed E-state index contributed by atoms with van der Waals surface area (Å²) in [5.41, 5.74) is 8.00. The lowest BCUT2D eigenvalue weighted by molar-refractivity contribution is 0.340. The van der Waals surface area contributed by atoms with Crippen LogP contribution in [0.15, 0.2) is 40.9 Å². The van der Waals surface area contributed by atoms with Crippen LogP contribution in [0.2, 0.25) is 0 Å². The third-order valence-corrected chi connectivity index (χ3v) is 3.72. The molecule has 0 amide bonds. The van der Waals surface area contributed by atoms with E-state index in [1.54, 1.807) is 10.6 Å². The standard InChI is InChI=1S/C15H13BrFN3O/c1-2-21-10-5-3-4-9(6-10)20-14-8-12(17)11(16)7-13(14)19-15(20)18/h3-8H,2H2,1H3,(H2,18,19). The molecule has 0 saturated heterocycles. The number of rotatable bonds is 3. The molecule has 0 atom stereocenters. The van der Waals surface area contributed by atoms with Crippen LogP contribution >= 0.6 is 15.9 Å². The number of fused-ring (bicyclic) bond motifs is 1. The molecule has 0 spiro atoms. The summed E-state index contributed by atoms with van der Waals surface area (Å²) in [5, 5.41) is 0. The van der Waals surface area contributed by atoms with Crippen molar-refractivity contribution >= 4 is 32.9 Å². The van der Waals surface area contributed by atoms with Gasteiger partial charge in [-0.05, 0) is 41.1 Å². The molecule has 6 heteroatoms. The molecule has 3 aromatic rings. The van der Waals surface area contributed by atoms with E-state index in [9.17, 15) is 4.39 Å². The molecule has 2 aromatic carbocycles. The second kappa shape index (κ2) is 5.37. The predicted octanol–water partition coefficient (Wildman–Crippen LogP) is 3.91. The second-order valence-electron chi connectivity index (χ2n) is 4.49. The van der Waals surface area contributed by atoms with Crippen molar-refractivity contribution in [2.24, 2.45) is 0 Å². The Kier molecular flexibility index (Phi) is 3.55. The Bertz CT molecular complexity index is 816. The van der Waals surface area contributed by atoms with E-state index in [2.05, 4.69) is 20.9 Å². The minimum atomic E-state index is -0.357. The minimum Gasteiger partial charge on any atom is -0.494 e. The van der Waals surface area contributed by atoms with Crippen LogP contribution in [0.4, 0.5) is 10.3 Å². The molecule has 0 saturated carbocycles. The van der Waals surface area contributed by atoms with Crippen LogP contribution in [0.25, 0.3) is 16.7 Å². The summed E-state index contributed by atoms with van der Waals surface area (Å²) in [6, 6.07) is 10.5. The predicted molar refractivity (Wildman–Crippen MR) is 84.3 cm³/mol. The second-order valence-corrected chi connectivity index (χ2v) is 5.35. The van der Waals surface area contributed by atoms with Gasteiger partial charge in [-0.3, -0.25) is 4.57 Å². The molecule has 4 nitrogen and oxygen atoms in total. The Hall–Kier alpha value is -2.08. The zero-order chi connectivity index (χ0) is 15.0. The lowest BCUT2D eigenvalue weighted by Crippen LogP contribution is -2.01. The molecule has 2 N–H and O–H groups in total. The van der Waals surface area contributed by atoms with Crippen LogP contribution in [-0.2, 0) is 0 Å². The number of nitrogen functional groups attached to an aromatic ring is 1. The molecule has 0 aliphatic carbocycles. The lowest BCUT2D eigenvalue weighted by Gasteiger charge is -2.09. The Labute approximate surface area is 129 Å². The number of hydrogen-bond donors (Lipinski definition) is 1. The van der Waals surface area contributed by atoms with Crippen LogP contribution in [0, 0.1) is 5.82 Å². The van der Waals surface area contributed by atoms with Crippen molar-refractivity contribution in [3.8, 4) is 11.4 Å². The van der Waals surface area contributed by atoms with Gasteiger partial charge in [0.25, 0.3) is 0 Å². The summed E-state index contributed by atoms with van der Waals surface area (Å²) in [6.45, 7) is 2.49. The van der Waals surface area contributed by atoms with Gasteiger partial charge >= 0.3 is 0 Å². The fourth-order valence-electron chi connectivity index (χ4n) is 2.24. The van der Waals surface area contributed by atoms with Crippen molar-refractivity contribution in [1.29, 1.82) is 0 Å². The number of nitrogens with two attached hydrogens (primary N) is 1. The number of benzene rings is 2. The third kappa shape index (κ3) is 2.47. The first-order valence-corrected chi connectivity index (χ1v) is 7.25. The van der Waals surface area contributed by atoms with E-state index in [0.29, 0.717) is 28.1 Å². The molecule has 1 aromatic heterocycles. The van der Waals surface area contributed by atoms with E-state index in [1.165, 1.54) is 6.07 Å². The molecule has 21 heavy (non-hydrogen) atoms. The van der Waals surface area contributed by atoms with Gasteiger partial charge in [-0.15, -0.1) is 0 Å². The highest BCUT2D eigenvalue weighted by Gasteiger charge is 2.13. The van der Waals surface area contributed by atoms with Gasteiger partial charge in [0.2, 0.25) is 5.95 Å². The Morgan fingerprint density at radius 2 is 2.14 bits per heavy atom. The first kappa shape index (κ1) is 13.9. The van der Waals surface area contributed by atoms with Gasteiger partial charge in [0.1, 0.15) is 11.6 Å². The van der Waals surface area contributed by atoms with Gasteiger partial charge in [-0.1, -0.05) is 6.07 Å². The van der Waals surface area contributed by atoms with E-state index in [4.69, 9.17) is 10.5 Å². The molecule has 1 heterocycles. The fraction of sp³-hybridized carbons (Fsp3) is 0.133. The van der Waals surface area contributed by atoms with E-state index in [-0.39, 0.29) is 5.82 Å². The number of aromatic nitrogens is 2. The average molecular weight is 350 g/mol. The van der Waals surface area contributed by atoms with Gasteiger partial charge < -0.3 is 10.5 Å². The highest BCUT2D eigenvalue weighted by molar-refractivity contribution is 9.10. The summed E-state index contributed by atoms with van der Waals surface area (Å²) in [6.07, 6.45) is 0. The normalized spacial score (nSPS) is 11.0. The van der Waals surface area contributed by atoms with Crippen molar-refractivity contribution in [1.82, 2.24) is 9.55 Å². The van der Waals surface area contributed by atoms with Crippen molar-refractivity contribution in [3.63, 3.8) is 0 Å². The van der Waals surface area contributed by atoms with Crippen LogP contribution in [0.3, 0.4) is 0 Å². The number of nitrogens with zero attached hydrogens (tertiary/aromatic N) is 2. The van der Waals surface area contributed by atoms with Crippen LogP contribution in [0.5, 0.6) is 5.75 Å². The first-order valence-electron chi connectivity index (χ1n) is 6.46. The molecule has 0 radical (unpaired) electrons. The van der Waals surface area contributed by atoms with Crippen LogP contribution < -0.4 is 10.5 Å². The monoisotopic (exact) mass is 349 g/mol. The van der Waals surface area contributed by atoms with Gasteiger partial charge in [0, 0.05) is 12.1 Å². The van der Waals surface area contributed by atoms with E-state index >= 15 is 0 Å². The fourth-order valence-corrected chi connectivity index (χ4v) is 2.57. The number of ether oxygens (including phenoxy) is 1. The molecule has 3 rings (SSSR count). The molecule has 108 valence electrons. The summed E-state index contributed by atoms with van der Waals surface area (Å²) >= 11 is 3.15. The number of halogens is 2. The summed E-state index contributed by atoms with van der Waals surface area (Å²) < 4.78 is 21.3. The number of hydrogen-bond acceptors (Lipinski definition) is 3. The number of imidazole rings is 1. The van der Waals surface area contributed by atoms with E-state index in [0.717, 1.165) is 11.4 Å². The van der Waals surface area contributed by atoms with Gasteiger partial charge in [-0.25, -0.2) is 9.37 Å². The van der Waals surface area contributed by atoms with Crippen molar-refractivity contribution < 1.29 is 9.13 Å². The van der Waals surface area contributed by atoms with Gasteiger partial charge in [0.15, 0.2) is 0 Å². The summed E-state index contributed by atoms with van der Waals surface area (Å²) in [5.74, 6) is 0.676. The lowest BCUT2D eigenvalue weighted by atomic mass is 10.2. The van der Waals surface area contributed by atoms with Gasteiger partial charge in [-0.2, -0.15) is 0 Å². The highest BCUT2D eigenvalue weighted by Crippen LogP contribution is 2.29.